The summed E-state index contributed by atoms with van der Waals surface area (Å²) in [7, 11) is 0. The van der Waals surface area contributed by atoms with Gasteiger partial charge in [0.05, 0.1) is 12.7 Å². The van der Waals surface area contributed by atoms with Gasteiger partial charge in [0.25, 0.3) is 0 Å². The van der Waals surface area contributed by atoms with Crippen molar-refractivity contribution in [2.45, 2.75) is 57.5 Å². The molecule has 2 saturated carbocycles. The zero-order valence-electron chi connectivity index (χ0n) is 10.8. The summed E-state index contributed by atoms with van der Waals surface area (Å²) >= 11 is 0. The maximum Gasteiger partial charge on any atom is 0.0619 e. The van der Waals surface area contributed by atoms with Crippen LogP contribution in [0.25, 0.3) is 0 Å². The average molecular weight is 238 g/mol. The summed E-state index contributed by atoms with van der Waals surface area (Å²) in [5.74, 6) is 2.92. The lowest BCUT2D eigenvalue weighted by Crippen LogP contribution is -2.37. The topological polar surface area (TPSA) is 29.5 Å². The monoisotopic (exact) mass is 238 g/mol. The number of aliphatic hydroxyl groups excluding tert-OH is 1. The molecule has 1 heterocycles. The van der Waals surface area contributed by atoms with Crippen molar-refractivity contribution in [2.75, 3.05) is 13.2 Å². The van der Waals surface area contributed by atoms with Crippen molar-refractivity contribution < 1.29 is 9.84 Å². The first-order valence-electron chi connectivity index (χ1n) is 7.60. The van der Waals surface area contributed by atoms with E-state index in [2.05, 4.69) is 0 Å². The highest BCUT2D eigenvalue weighted by Gasteiger charge is 2.38. The average Bonchev–Trinajstić information content (AvgIpc) is 2.91. The third kappa shape index (κ3) is 2.53. The van der Waals surface area contributed by atoms with Crippen LogP contribution >= 0.6 is 0 Å². The van der Waals surface area contributed by atoms with E-state index in [9.17, 15) is 5.11 Å². The second kappa shape index (κ2) is 5.27. The summed E-state index contributed by atoms with van der Waals surface area (Å²) in [5, 5.41) is 10.5. The second-order valence-corrected chi connectivity index (χ2v) is 6.49. The predicted molar refractivity (Wildman–Crippen MR) is 67.7 cm³/mol. The molecule has 1 aliphatic heterocycles. The normalized spacial score (nSPS) is 44.3. The predicted octanol–water partition coefficient (Wildman–Crippen LogP) is 2.99. The Kier molecular flexibility index (Phi) is 3.72. The molecule has 0 bridgehead atoms. The maximum absolute atomic E-state index is 10.5. The van der Waals surface area contributed by atoms with Gasteiger partial charge in [-0.05, 0) is 43.4 Å². The lowest BCUT2D eigenvalue weighted by atomic mass is 9.65. The summed E-state index contributed by atoms with van der Waals surface area (Å²) in [6.45, 7) is 1.66. The largest absolute Gasteiger partial charge is 0.392 e. The van der Waals surface area contributed by atoms with E-state index < -0.39 is 0 Å². The van der Waals surface area contributed by atoms with Gasteiger partial charge < -0.3 is 9.84 Å². The minimum absolute atomic E-state index is 0.0830. The molecule has 98 valence electrons. The van der Waals surface area contributed by atoms with Crippen LogP contribution in [0.5, 0.6) is 0 Å². The standard InChI is InChI=1S/C15H26O2/c16-15(14-7-8-17-10-14)13-6-5-11-3-1-2-4-12(11)9-13/h11-16H,1-10H2. The molecule has 1 saturated heterocycles. The SMILES string of the molecule is OC(C1CCOC1)C1CCC2CCCCC2C1. The van der Waals surface area contributed by atoms with Gasteiger partial charge in [0.1, 0.15) is 0 Å². The van der Waals surface area contributed by atoms with Crippen LogP contribution in [0.2, 0.25) is 0 Å². The van der Waals surface area contributed by atoms with Crippen molar-refractivity contribution in [1.82, 2.24) is 0 Å². The molecule has 0 aromatic carbocycles. The van der Waals surface area contributed by atoms with E-state index >= 15 is 0 Å². The molecule has 0 radical (unpaired) electrons. The number of aliphatic hydroxyl groups is 1. The molecule has 2 nitrogen and oxygen atoms in total. The number of rotatable bonds is 2. The van der Waals surface area contributed by atoms with Gasteiger partial charge in [0.15, 0.2) is 0 Å². The van der Waals surface area contributed by atoms with Crippen molar-refractivity contribution in [3.8, 4) is 0 Å². The van der Waals surface area contributed by atoms with Crippen LogP contribution in [0.1, 0.15) is 51.4 Å². The van der Waals surface area contributed by atoms with Crippen molar-refractivity contribution in [2.24, 2.45) is 23.7 Å². The number of hydrogen-bond donors (Lipinski definition) is 1. The molecule has 3 fully saturated rings. The van der Waals surface area contributed by atoms with Gasteiger partial charge in [0, 0.05) is 12.5 Å². The van der Waals surface area contributed by atoms with Crippen molar-refractivity contribution in [3.05, 3.63) is 0 Å². The fraction of sp³-hybridized carbons (Fsp3) is 1.00. The quantitative estimate of drug-likeness (QED) is 0.801. The fourth-order valence-electron chi connectivity index (χ4n) is 4.43. The molecule has 5 unspecified atom stereocenters. The Morgan fingerprint density at radius 1 is 0.882 bits per heavy atom. The van der Waals surface area contributed by atoms with Gasteiger partial charge in [0.2, 0.25) is 0 Å². The first-order chi connectivity index (χ1) is 8.34. The molecule has 0 aromatic rings. The minimum Gasteiger partial charge on any atom is -0.392 e. The van der Waals surface area contributed by atoms with E-state index in [0.717, 1.165) is 31.5 Å². The molecule has 0 amide bonds. The molecular weight excluding hydrogens is 212 g/mol. The van der Waals surface area contributed by atoms with E-state index in [1.54, 1.807) is 0 Å². The van der Waals surface area contributed by atoms with Gasteiger partial charge >= 0.3 is 0 Å². The summed E-state index contributed by atoms with van der Waals surface area (Å²) in [4.78, 5) is 0. The van der Waals surface area contributed by atoms with Crippen LogP contribution in [0.4, 0.5) is 0 Å². The fourth-order valence-corrected chi connectivity index (χ4v) is 4.43. The van der Waals surface area contributed by atoms with Gasteiger partial charge in [-0.1, -0.05) is 25.7 Å². The summed E-state index contributed by atoms with van der Waals surface area (Å²) in [5.41, 5.74) is 0. The Morgan fingerprint density at radius 3 is 2.47 bits per heavy atom. The Balaban J connectivity index is 1.57. The second-order valence-electron chi connectivity index (χ2n) is 6.49. The summed E-state index contributed by atoms with van der Waals surface area (Å²) in [6.07, 6.45) is 10.7. The van der Waals surface area contributed by atoms with Crippen molar-refractivity contribution in [1.29, 1.82) is 0 Å². The Hall–Kier alpha value is -0.0800. The van der Waals surface area contributed by atoms with E-state index in [-0.39, 0.29) is 6.10 Å². The molecular formula is C15H26O2. The van der Waals surface area contributed by atoms with Crippen LogP contribution in [0.3, 0.4) is 0 Å². The first kappa shape index (κ1) is 12.0. The van der Waals surface area contributed by atoms with Crippen LogP contribution in [0.15, 0.2) is 0 Å². The Morgan fingerprint density at radius 2 is 1.71 bits per heavy atom. The molecule has 0 aromatic heterocycles. The highest BCUT2D eigenvalue weighted by Crippen LogP contribution is 2.44. The zero-order chi connectivity index (χ0) is 11.7. The van der Waals surface area contributed by atoms with Crippen molar-refractivity contribution >= 4 is 0 Å². The van der Waals surface area contributed by atoms with Crippen LogP contribution in [-0.2, 0) is 4.74 Å². The Bertz CT molecular complexity index is 247. The number of ether oxygens (including phenoxy) is 1. The molecule has 17 heavy (non-hydrogen) atoms. The van der Waals surface area contributed by atoms with Gasteiger partial charge in [-0.15, -0.1) is 0 Å². The zero-order valence-corrected chi connectivity index (χ0v) is 10.8. The molecule has 3 rings (SSSR count). The smallest absolute Gasteiger partial charge is 0.0619 e. The van der Waals surface area contributed by atoms with Gasteiger partial charge in [-0.2, -0.15) is 0 Å². The van der Waals surface area contributed by atoms with Gasteiger partial charge in [-0.3, -0.25) is 0 Å². The van der Waals surface area contributed by atoms with Crippen LogP contribution in [-0.4, -0.2) is 24.4 Å². The maximum atomic E-state index is 10.5. The van der Waals surface area contributed by atoms with Crippen LogP contribution < -0.4 is 0 Å². The van der Waals surface area contributed by atoms with E-state index in [1.165, 1.54) is 44.9 Å². The van der Waals surface area contributed by atoms with E-state index in [1.807, 2.05) is 0 Å². The summed E-state index contributed by atoms with van der Waals surface area (Å²) in [6, 6.07) is 0. The number of hydrogen-bond acceptors (Lipinski definition) is 2. The third-order valence-electron chi connectivity index (χ3n) is 5.51. The Labute approximate surface area is 105 Å². The molecule has 0 spiro atoms. The van der Waals surface area contributed by atoms with E-state index in [0.29, 0.717) is 11.8 Å². The van der Waals surface area contributed by atoms with Crippen molar-refractivity contribution in [3.63, 3.8) is 0 Å². The third-order valence-corrected chi connectivity index (χ3v) is 5.51. The number of fused-ring (bicyclic) bond motifs is 1. The molecule has 1 N–H and O–H groups in total. The molecule has 5 atom stereocenters. The molecule has 2 heteroatoms. The lowest BCUT2D eigenvalue weighted by Gasteiger charge is -2.41. The van der Waals surface area contributed by atoms with Crippen LogP contribution in [0, 0.1) is 23.7 Å². The highest BCUT2D eigenvalue weighted by molar-refractivity contribution is 4.88. The van der Waals surface area contributed by atoms with E-state index in [4.69, 9.17) is 4.74 Å². The van der Waals surface area contributed by atoms with Gasteiger partial charge in [-0.25, -0.2) is 0 Å². The summed E-state index contributed by atoms with van der Waals surface area (Å²) < 4.78 is 5.42. The molecule has 3 aliphatic rings. The first-order valence-corrected chi connectivity index (χ1v) is 7.60. The molecule has 2 aliphatic carbocycles. The highest BCUT2D eigenvalue weighted by atomic mass is 16.5. The minimum atomic E-state index is -0.0830. The lowest BCUT2D eigenvalue weighted by molar-refractivity contribution is -0.00170.